The molecule has 2 rings (SSSR count). The highest BCUT2D eigenvalue weighted by atomic mass is 32.1. The molecule has 0 aliphatic heterocycles. The molecule has 0 amide bonds. The van der Waals surface area contributed by atoms with Gasteiger partial charge in [-0.1, -0.05) is 12.1 Å². The summed E-state index contributed by atoms with van der Waals surface area (Å²) in [6, 6.07) is 5.87. The highest BCUT2D eigenvalue weighted by Crippen LogP contribution is 1.91. The third-order valence-corrected chi connectivity index (χ3v) is 1.83. The van der Waals surface area contributed by atoms with E-state index < -0.39 is 11.9 Å². The van der Waals surface area contributed by atoms with Gasteiger partial charge in [0, 0.05) is 24.5 Å². The van der Waals surface area contributed by atoms with Gasteiger partial charge in [0.15, 0.2) is 0 Å². The molecule has 0 radical (unpaired) electrons. The maximum Gasteiger partial charge on any atom is 0.328 e. The molecule has 0 bridgehead atoms. The Hall–Kier alpha value is -2.41. The van der Waals surface area contributed by atoms with Crippen molar-refractivity contribution in [1.29, 1.82) is 0 Å². The van der Waals surface area contributed by atoms with Gasteiger partial charge in [-0.15, -0.1) is 0 Å². The highest BCUT2D eigenvalue weighted by molar-refractivity contribution is 7.07. The van der Waals surface area contributed by atoms with Gasteiger partial charge in [0.1, 0.15) is 0 Å². The van der Waals surface area contributed by atoms with Crippen molar-refractivity contribution in [1.82, 2.24) is 10.2 Å². The van der Waals surface area contributed by atoms with Crippen molar-refractivity contribution in [2.45, 2.75) is 0 Å². The molecule has 2 aromatic heterocycles. The number of rotatable bonds is 2. The van der Waals surface area contributed by atoms with Gasteiger partial charge in [0.25, 0.3) is 0 Å². The Morgan fingerprint density at radius 3 is 1.78 bits per heavy atom. The molecule has 0 aromatic carbocycles. The molecule has 2 aromatic rings. The van der Waals surface area contributed by atoms with E-state index in [1.807, 2.05) is 29.0 Å². The predicted molar refractivity (Wildman–Crippen MR) is 67.3 cm³/mol. The normalized spacial score (nSPS) is 8.67. The molecule has 0 aliphatic carbocycles. The second-order valence-corrected chi connectivity index (χ2v) is 3.39. The van der Waals surface area contributed by atoms with Crippen molar-refractivity contribution < 1.29 is 19.8 Å². The number of hydrogen-bond donors (Lipinski definition) is 3. The van der Waals surface area contributed by atoms with Crippen LogP contribution in [0.5, 0.6) is 0 Å². The molecular weight excluding hydrogens is 256 g/mol. The van der Waals surface area contributed by atoms with E-state index >= 15 is 0 Å². The summed E-state index contributed by atoms with van der Waals surface area (Å²) in [5, 5.41) is 25.9. The number of hydrogen-bond acceptors (Lipinski definition) is 4. The van der Waals surface area contributed by atoms with Crippen LogP contribution in [0.1, 0.15) is 0 Å². The number of thiophene rings is 1. The number of carboxylic acid groups (broad SMARTS) is 2. The first-order valence-electron chi connectivity index (χ1n) is 4.67. The van der Waals surface area contributed by atoms with Crippen molar-refractivity contribution in [2.24, 2.45) is 0 Å². The van der Waals surface area contributed by atoms with Gasteiger partial charge >= 0.3 is 11.9 Å². The summed E-state index contributed by atoms with van der Waals surface area (Å²) in [4.78, 5) is 19.1. The van der Waals surface area contributed by atoms with Gasteiger partial charge < -0.3 is 10.2 Å². The van der Waals surface area contributed by atoms with Crippen LogP contribution in [0.15, 0.2) is 53.5 Å². The Balaban J connectivity index is 0.000000250. The molecule has 6 nitrogen and oxygen atoms in total. The number of nitrogens with one attached hydrogen (secondary N) is 1. The summed E-state index contributed by atoms with van der Waals surface area (Å²) in [6.07, 6.45) is 4.57. The monoisotopic (exact) mass is 268 g/mol. The topological polar surface area (TPSA) is 103 Å². The lowest BCUT2D eigenvalue weighted by molar-refractivity contribution is -0.134. The molecule has 7 heteroatoms. The van der Waals surface area contributed by atoms with E-state index in [9.17, 15) is 9.59 Å². The second-order valence-electron chi connectivity index (χ2n) is 2.57. The molecule has 0 spiro atoms. The fraction of sp³-hybridized carbons (Fsp3) is 0. The third kappa shape index (κ3) is 13.6. The Labute approximate surface area is 107 Å². The smallest absolute Gasteiger partial charge is 0.328 e. The van der Waals surface area contributed by atoms with Gasteiger partial charge in [-0.2, -0.15) is 16.4 Å². The van der Waals surface area contributed by atoms with Crippen LogP contribution in [0.4, 0.5) is 0 Å². The molecular formula is C11H12N2O4S. The van der Waals surface area contributed by atoms with Gasteiger partial charge in [0.05, 0.1) is 0 Å². The van der Waals surface area contributed by atoms with E-state index in [1.54, 1.807) is 23.7 Å². The predicted octanol–water partition coefficient (Wildman–Crippen LogP) is 1.87. The zero-order valence-electron chi connectivity index (χ0n) is 9.26. The maximum absolute atomic E-state index is 9.55. The standard InChI is InChI=1S/C4H4O4.C4H4S.C3H4N2/c5-3(6)1-2-4(7)8;2*1-2-4-5-3-1/h1-2H,(H,5,6)(H,7,8);1-4H;1-3H,(H,4,5)/b2-1-;;. The van der Waals surface area contributed by atoms with Gasteiger partial charge in [-0.3, -0.25) is 5.10 Å². The minimum Gasteiger partial charge on any atom is -0.478 e. The van der Waals surface area contributed by atoms with Gasteiger partial charge in [-0.05, 0) is 16.8 Å². The Bertz CT molecular complexity index is 361. The van der Waals surface area contributed by atoms with Crippen molar-refractivity contribution >= 4 is 23.3 Å². The van der Waals surface area contributed by atoms with E-state index in [4.69, 9.17) is 10.2 Å². The zero-order valence-corrected chi connectivity index (χ0v) is 10.1. The minimum atomic E-state index is -1.26. The molecule has 18 heavy (non-hydrogen) atoms. The first-order chi connectivity index (χ1) is 8.63. The molecule has 96 valence electrons. The second kappa shape index (κ2) is 11.1. The Morgan fingerprint density at radius 1 is 1.06 bits per heavy atom. The van der Waals surface area contributed by atoms with Crippen molar-refractivity contribution in [3.8, 4) is 0 Å². The molecule has 0 saturated heterocycles. The molecule has 0 saturated carbocycles. The van der Waals surface area contributed by atoms with Crippen LogP contribution in [-0.2, 0) is 9.59 Å². The SMILES string of the molecule is O=C(O)/C=C\C(=O)O.c1ccsc1.c1cn[nH]c1. The van der Waals surface area contributed by atoms with Crippen LogP contribution in [0.25, 0.3) is 0 Å². The summed E-state index contributed by atoms with van der Waals surface area (Å²) < 4.78 is 0. The van der Waals surface area contributed by atoms with Crippen LogP contribution >= 0.6 is 11.3 Å². The number of nitrogens with zero attached hydrogens (tertiary/aromatic N) is 1. The molecule has 0 unspecified atom stereocenters. The van der Waals surface area contributed by atoms with E-state index in [0.717, 1.165) is 0 Å². The first-order valence-corrected chi connectivity index (χ1v) is 5.62. The summed E-state index contributed by atoms with van der Waals surface area (Å²) in [7, 11) is 0. The quantitative estimate of drug-likeness (QED) is 0.721. The van der Waals surface area contributed by atoms with E-state index in [-0.39, 0.29) is 0 Å². The van der Waals surface area contributed by atoms with E-state index in [1.165, 1.54) is 0 Å². The summed E-state index contributed by atoms with van der Waals surface area (Å²) in [5.74, 6) is -2.51. The van der Waals surface area contributed by atoms with Gasteiger partial charge in [0.2, 0.25) is 0 Å². The lowest BCUT2D eigenvalue weighted by atomic mass is 10.5. The number of aromatic nitrogens is 2. The number of aromatic amines is 1. The first kappa shape index (κ1) is 15.6. The van der Waals surface area contributed by atoms with Crippen LogP contribution in [-0.4, -0.2) is 32.3 Å². The Morgan fingerprint density at radius 2 is 1.61 bits per heavy atom. The number of aliphatic carboxylic acids is 2. The molecule has 0 fully saturated rings. The molecule has 2 heterocycles. The maximum atomic E-state index is 9.55. The van der Waals surface area contributed by atoms with E-state index in [2.05, 4.69) is 10.2 Å². The van der Waals surface area contributed by atoms with Crippen LogP contribution in [0.3, 0.4) is 0 Å². The van der Waals surface area contributed by atoms with Crippen molar-refractivity contribution in [3.63, 3.8) is 0 Å². The molecule has 0 aliphatic rings. The van der Waals surface area contributed by atoms with Gasteiger partial charge in [-0.25, -0.2) is 9.59 Å². The van der Waals surface area contributed by atoms with Crippen molar-refractivity contribution in [3.05, 3.63) is 53.5 Å². The van der Waals surface area contributed by atoms with Crippen molar-refractivity contribution in [2.75, 3.05) is 0 Å². The number of carboxylic acids is 2. The highest BCUT2D eigenvalue weighted by Gasteiger charge is 1.88. The third-order valence-electron chi connectivity index (χ3n) is 1.20. The minimum absolute atomic E-state index is 0.558. The average Bonchev–Trinajstić information content (AvgIpc) is 3.03. The summed E-state index contributed by atoms with van der Waals surface area (Å²) >= 11 is 1.71. The zero-order chi connectivity index (χ0) is 13.6. The fourth-order valence-corrected chi connectivity index (χ4v) is 1.04. The molecule has 3 N–H and O–H groups in total. The summed E-state index contributed by atoms with van der Waals surface area (Å²) in [6.45, 7) is 0. The van der Waals surface area contributed by atoms with Crippen LogP contribution < -0.4 is 0 Å². The average molecular weight is 268 g/mol. The fourth-order valence-electron chi connectivity index (χ4n) is 0.585. The van der Waals surface area contributed by atoms with Crippen LogP contribution in [0.2, 0.25) is 0 Å². The molecule has 0 atom stereocenters. The summed E-state index contributed by atoms with van der Waals surface area (Å²) in [5.41, 5.74) is 0. The lowest BCUT2D eigenvalue weighted by Crippen LogP contribution is -1.91. The Kier molecular flexibility index (Phi) is 9.60. The lowest BCUT2D eigenvalue weighted by Gasteiger charge is -1.74. The largest absolute Gasteiger partial charge is 0.478 e. The van der Waals surface area contributed by atoms with Crippen LogP contribution in [0, 0.1) is 0 Å². The number of H-pyrrole nitrogens is 1. The van der Waals surface area contributed by atoms with E-state index in [0.29, 0.717) is 12.2 Å². The number of carbonyl (C=O) groups is 2.